The van der Waals surface area contributed by atoms with Crippen LogP contribution in [0.2, 0.25) is 5.02 Å². The number of carbonyl (C=O) groups is 1. The summed E-state index contributed by atoms with van der Waals surface area (Å²) in [6, 6.07) is 13.1. The molecule has 2 atom stereocenters. The molecule has 4 aromatic rings. The van der Waals surface area contributed by atoms with E-state index in [0.717, 1.165) is 12.8 Å². The van der Waals surface area contributed by atoms with Gasteiger partial charge in [0.15, 0.2) is 5.58 Å². The summed E-state index contributed by atoms with van der Waals surface area (Å²) in [4.78, 5) is 21.3. The first-order valence-corrected chi connectivity index (χ1v) is 10.6. The lowest BCUT2D eigenvalue weighted by atomic mass is 9.96. The molecule has 0 bridgehead atoms. The molecule has 0 radical (unpaired) electrons. The maximum Gasteiger partial charge on any atom is 0.295 e. The number of fused-ring (bicyclic) bond motifs is 1. The second-order valence-electron chi connectivity index (χ2n) is 7.60. The maximum absolute atomic E-state index is 13.5. The Morgan fingerprint density at radius 2 is 2.00 bits per heavy atom. The molecule has 0 unspecified atom stereocenters. The van der Waals surface area contributed by atoms with Gasteiger partial charge in [-0.05, 0) is 50.1 Å². The molecular weight excluding hydrogens is 416 g/mol. The van der Waals surface area contributed by atoms with Crippen molar-refractivity contribution in [3.05, 3.63) is 65.4 Å². The number of para-hydroxylation sites is 1. The number of hydrogen-bond acceptors (Lipinski definition) is 6. The molecule has 31 heavy (non-hydrogen) atoms. The number of benzene rings is 2. The Labute approximate surface area is 183 Å². The molecule has 2 aromatic heterocycles. The van der Waals surface area contributed by atoms with Gasteiger partial charge < -0.3 is 14.6 Å². The van der Waals surface area contributed by atoms with E-state index in [1.807, 2.05) is 36.1 Å². The fourth-order valence-electron chi connectivity index (χ4n) is 4.07. The average molecular weight is 437 g/mol. The van der Waals surface area contributed by atoms with Crippen LogP contribution in [-0.4, -0.2) is 49.4 Å². The van der Waals surface area contributed by atoms with Crippen LogP contribution in [0.5, 0.6) is 0 Å². The number of halogens is 1. The van der Waals surface area contributed by atoms with E-state index >= 15 is 0 Å². The normalized spacial score (nSPS) is 19.0. The Kier molecular flexibility index (Phi) is 5.07. The SMILES string of the molecule is C[C@@H]1[C@@H](Nc2nc3cc(Cl)ccc3o2)CCCN1C(=O)c1ccccc1-n1nccn1. The van der Waals surface area contributed by atoms with Crippen molar-refractivity contribution in [2.45, 2.75) is 31.8 Å². The molecule has 158 valence electrons. The number of hydrogen-bond donors (Lipinski definition) is 1. The number of nitrogens with zero attached hydrogens (tertiary/aromatic N) is 5. The van der Waals surface area contributed by atoms with Crippen molar-refractivity contribution in [1.82, 2.24) is 24.9 Å². The molecule has 1 aliphatic heterocycles. The number of amides is 1. The lowest BCUT2D eigenvalue weighted by molar-refractivity contribution is 0.0615. The van der Waals surface area contributed by atoms with Crippen LogP contribution in [-0.2, 0) is 0 Å². The molecule has 9 heteroatoms. The summed E-state index contributed by atoms with van der Waals surface area (Å²) >= 11 is 6.05. The fourth-order valence-corrected chi connectivity index (χ4v) is 4.23. The highest BCUT2D eigenvalue weighted by Crippen LogP contribution is 2.27. The van der Waals surface area contributed by atoms with E-state index in [0.29, 0.717) is 39.9 Å². The van der Waals surface area contributed by atoms with Crippen LogP contribution in [0.15, 0.2) is 59.3 Å². The highest BCUT2D eigenvalue weighted by molar-refractivity contribution is 6.31. The van der Waals surface area contributed by atoms with E-state index in [1.54, 1.807) is 30.6 Å². The predicted molar refractivity (Wildman–Crippen MR) is 118 cm³/mol. The van der Waals surface area contributed by atoms with Crippen LogP contribution >= 0.6 is 11.6 Å². The first-order chi connectivity index (χ1) is 15.1. The fraction of sp³-hybridized carbons (Fsp3) is 0.273. The number of piperidine rings is 1. The van der Waals surface area contributed by atoms with Crippen LogP contribution in [0.4, 0.5) is 6.01 Å². The van der Waals surface area contributed by atoms with E-state index in [1.165, 1.54) is 4.80 Å². The van der Waals surface area contributed by atoms with Crippen molar-refractivity contribution in [1.29, 1.82) is 0 Å². The van der Waals surface area contributed by atoms with E-state index in [4.69, 9.17) is 16.0 Å². The van der Waals surface area contributed by atoms with Crippen LogP contribution in [0.1, 0.15) is 30.1 Å². The van der Waals surface area contributed by atoms with E-state index in [9.17, 15) is 4.79 Å². The molecule has 2 aromatic carbocycles. The van der Waals surface area contributed by atoms with Gasteiger partial charge in [-0.3, -0.25) is 4.79 Å². The summed E-state index contributed by atoms with van der Waals surface area (Å²) in [7, 11) is 0. The molecule has 1 amide bonds. The van der Waals surface area contributed by atoms with Gasteiger partial charge in [0.2, 0.25) is 0 Å². The summed E-state index contributed by atoms with van der Waals surface area (Å²) in [5, 5.41) is 12.4. The van der Waals surface area contributed by atoms with E-state index in [2.05, 4.69) is 20.5 Å². The van der Waals surface area contributed by atoms with Crippen molar-refractivity contribution >= 4 is 34.6 Å². The Morgan fingerprint density at radius 1 is 1.19 bits per heavy atom. The number of rotatable bonds is 4. The standard InChI is InChI=1S/C22H21ClN6O2/c1-14-17(26-22-27-18-13-15(23)8-9-20(18)31-22)6-4-12-28(14)21(30)16-5-2-3-7-19(16)29-24-10-11-25-29/h2-3,5,7-11,13-14,17H,4,6,12H2,1H3,(H,26,27)/t14-,17+/m1/s1. The quantitative estimate of drug-likeness (QED) is 0.516. The number of likely N-dealkylation sites (tertiary alicyclic amines) is 1. The number of aromatic nitrogens is 4. The first-order valence-electron chi connectivity index (χ1n) is 10.2. The van der Waals surface area contributed by atoms with Gasteiger partial charge in [0, 0.05) is 17.6 Å². The number of oxazole rings is 1. The summed E-state index contributed by atoms with van der Waals surface area (Å²) in [5.41, 5.74) is 2.61. The molecule has 8 nitrogen and oxygen atoms in total. The predicted octanol–water partition coefficient (Wildman–Crippen LogP) is 4.17. The van der Waals surface area contributed by atoms with Crippen molar-refractivity contribution < 1.29 is 9.21 Å². The topological polar surface area (TPSA) is 89.1 Å². The lowest BCUT2D eigenvalue weighted by Gasteiger charge is -2.39. The van der Waals surface area contributed by atoms with E-state index < -0.39 is 0 Å². The number of carbonyl (C=O) groups excluding carboxylic acids is 1. The zero-order valence-electron chi connectivity index (χ0n) is 16.9. The van der Waals surface area contributed by atoms with E-state index in [-0.39, 0.29) is 18.0 Å². The van der Waals surface area contributed by atoms with Gasteiger partial charge >= 0.3 is 0 Å². The van der Waals surface area contributed by atoms with Gasteiger partial charge in [0.1, 0.15) is 5.52 Å². The van der Waals surface area contributed by atoms with Crippen LogP contribution < -0.4 is 5.32 Å². The van der Waals surface area contributed by atoms with Gasteiger partial charge in [-0.15, -0.1) is 0 Å². The third-order valence-corrected chi connectivity index (χ3v) is 5.91. The minimum absolute atomic E-state index is 0.0104. The van der Waals surface area contributed by atoms with Gasteiger partial charge in [-0.2, -0.15) is 20.0 Å². The Bertz CT molecular complexity index is 1220. The number of nitrogens with one attached hydrogen (secondary N) is 1. The minimum atomic E-state index is -0.0570. The molecule has 1 saturated heterocycles. The Hall–Kier alpha value is -3.39. The largest absolute Gasteiger partial charge is 0.424 e. The zero-order chi connectivity index (χ0) is 21.4. The van der Waals surface area contributed by atoms with Crippen molar-refractivity contribution in [3.63, 3.8) is 0 Å². The maximum atomic E-state index is 13.5. The molecule has 5 rings (SSSR count). The highest BCUT2D eigenvalue weighted by Gasteiger charge is 2.33. The molecular formula is C22H21ClN6O2. The first kappa shape index (κ1) is 19.6. The molecule has 3 heterocycles. The highest BCUT2D eigenvalue weighted by atomic mass is 35.5. The molecule has 0 spiro atoms. The summed E-state index contributed by atoms with van der Waals surface area (Å²) in [6.45, 7) is 2.73. The second kappa shape index (κ2) is 8.03. The van der Waals surface area contributed by atoms with Crippen LogP contribution in [0, 0.1) is 0 Å². The molecule has 0 aliphatic carbocycles. The summed E-state index contributed by atoms with van der Waals surface area (Å²) < 4.78 is 5.82. The Morgan fingerprint density at radius 3 is 2.84 bits per heavy atom. The van der Waals surface area contributed by atoms with Crippen molar-refractivity contribution in [3.8, 4) is 5.69 Å². The average Bonchev–Trinajstić information content (AvgIpc) is 3.44. The van der Waals surface area contributed by atoms with Gasteiger partial charge in [-0.25, -0.2) is 0 Å². The molecule has 1 aliphatic rings. The zero-order valence-corrected chi connectivity index (χ0v) is 17.7. The minimum Gasteiger partial charge on any atom is -0.424 e. The third kappa shape index (κ3) is 3.74. The Balaban J connectivity index is 1.38. The van der Waals surface area contributed by atoms with Gasteiger partial charge in [-0.1, -0.05) is 23.7 Å². The number of anilines is 1. The molecule has 1 fully saturated rings. The van der Waals surface area contributed by atoms with Gasteiger partial charge in [0.05, 0.1) is 29.7 Å². The van der Waals surface area contributed by atoms with Crippen LogP contribution in [0.3, 0.4) is 0 Å². The lowest BCUT2D eigenvalue weighted by Crippen LogP contribution is -2.52. The second-order valence-corrected chi connectivity index (χ2v) is 8.04. The van der Waals surface area contributed by atoms with Gasteiger partial charge in [0.25, 0.3) is 11.9 Å². The third-order valence-electron chi connectivity index (χ3n) is 5.68. The van der Waals surface area contributed by atoms with Crippen molar-refractivity contribution in [2.75, 3.05) is 11.9 Å². The van der Waals surface area contributed by atoms with Crippen LogP contribution in [0.25, 0.3) is 16.8 Å². The molecule has 1 N–H and O–H groups in total. The molecule has 0 saturated carbocycles. The summed E-state index contributed by atoms with van der Waals surface area (Å²) in [6.07, 6.45) is 4.98. The smallest absolute Gasteiger partial charge is 0.295 e. The monoisotopic (exact) mass is 436 g/mol. The summed E-state index contributed by atoms with van der Waals surface area (Å²) in [5.74, 6) is -0.0451. The van der Waals surface area contributed by atoms with Crippen molar-refractivity contribution in [2.24, 2.45) is 0 Å².